The van der Waals surface area contributed by atoms with Crippen LogP contribution in [-0.4, -0.2) is 12.5 Å². The molecular formula is C21H23NS2. The van der Waals surface area contributed by atoms with E-state index in [9.17, 15) is 0 Å². The molecule has 0 amide bonds. The predicted molar refractivity (Wildman–Crippen MR) is 112 cm³/mol. The minimum absolute atomic E-state index is 0.491. The highest BCUT2D eigenvalue weighted by atomic mass is 32.3. The second-order valence-electron chi connectivity index (χ2n) is 6.90. The molecule has 1 nitrogen and oxygen atoms in total. The Morgan fingerprint density at radius 3 is 2.33 bits per heavy atom. The monoisotopic (exact) mass is 353 g/mol. The van der Waals surface area contributed by atoms with Crippen molar-refractivity contribution in [2.75, 3.05) is 17.2 Å². The molecule has 1 heterocycles. The van der Waals surface area contributed by atoms with Gasteiger partial charge in [-0.2, -0.15) is 10.2 Å². The van der Waals surface area contributed by atoms with Gasteiger partial charge in [-0.1, -0.05) is 42.0 Å². The lowest BCUT2D eigenvalue weighted by Crippen LogP contribution is -2.15. The molecule has 1 N–H and O–H groups in total. The predicted octanol–water partition coefficient (Wildman–Crippen LogP) is 6.84. The van der Waals surface area contributed by atoms with E-state index in [0.717, 1.165) is 0 Å². The summed E-state index contributed by atoms with van der Waals surface area (Å²) >= 11 is 1.98. The van der Waals surface area contributed by atoms with Crippen molar-refractivity contribution in [3.63, 3.8) is 0 Å². The fraction of sp³-hybridized carbons (Fsp3) is 0.238. The Balaban J connectivity index is 1.82. The third-order valence-corrected chi connectivity index (χ3v) is 8.88. The molecular weight excluding hydrogens is 330 g/mol. The highest BCUT2D eigenvalue weighted by Crippen LogP contribution is 2.64. The Bertz CT molecular complexity index is 935. The number of anilines is 1. The van der Waals surface area contributed by atoms with E-state index < -0.39 is 10.2 Å². The molecule has 0 spiro atoms. The summed E-state index contributed by atoms with van der Waals surface area (Å²) in [5.74, 6) is 0. The third-order valence-electron chi connectivity index (χ3n) is 4.96. The zero-order valence-corrected chi connectivity index (χ0v) is 16.2. The van der Waals surface area contributed by atoms with Crippen LogP contribution in [0.4, 0.5) is 5.69 Å². The molecule has 0 radical (unpaired) electrons. The minimum Gasteiger partial charge on any atom is -0.347 e. The molecule has 0 saturated heterocycles. The number of rotatable bonds is 3. The lowest BCUT2D eigenvalue weighted by molar-refractivity contribution is 1.17. The molecule has 0 saturated carbocycles. The number of benzene rings is 2. The summed E-state index contributed by atoms with van der Waals surface area (Å²) in [5.41, 5.74) is 5.72. The van der Waals surface area contributed by atoms with Crippen LogP contribution in [0.25, 0.3) is 15.7 Å². The van der Waals surface area contributed by atoms with E-state index in [0.29, 0.717) is 5.25 Å². The number of thiophene rings is 1. The van der Waals surface area contributed by atoms with E-state index in [-0.39, 0.29) is 0 Å². The number of allylic oxidation sites excluding steroid dienone is 1. The van der Waals surface area contributed by atoms with E-state index in [1.54, 1.807) is 4.88 Å². The molecule has 2 aromatic carbocycles. The molecule has 1 aliphatic rings. The van der Waals surface area contributed by atoms with Gasteiger partial charge in [-0.05, 0) is 50.1 Å². The fourth-order valence-electron chi connectivity index (χ4n) is 3.80. The zero-order valence-electron chi connectivity index (χ0n) is 14.6. The van der Waals surface area contributed by atoms with Gasteiger partial charge in [-0.25, -0.2) is 0 Å². The molecule has 3 aromatic rings. The molecule has 1 atom stereocenters. The van der Waals surface area contributed by atoms with Crippen LogP contribution < -0.4 is 4.72 Å². The highest BCUT2D eigenvalue weighted by molar-refractivity contribution is 8.34. The van der Waals surface area contributed by atoms with Gasteiger partial charge in [0.2, 0.25) is 0 Å². The number of nitrogens with one attached hydrogen (secondary N) is 1. The molecule has 124 valence electrons. The van der Waals surface area contributed by atoms with Crippen LogP contribution in [0.3, 0.4) is 0 Å². The van der Waals surface area contributed by atoms with Gasteiger partial charge in [0.25, 0.3) is 0 Å². The van der Waals surface area contributed by atoms with E-state index in [1.807, 2.05) is 11.3 Å². The minimum atomic E-state index is -1.05. The molecule has 1 aromatic heterocycles. The van der Waals surface area contributed by atoms with E-state index in [4.69, 9.17) is 0 Å². The van der Waals surface area contributed by atoms with E-state index >= 15 is 0 Å². The molecule has 0 fully saturated rings. The second kappa shape index (κ2) is 5.68. The summed E-state index contributed by atoms with van der Waals surface area (Å²) < 4.78 is 5.26. The maximum atomic E-state index is 3.85. The van der Waals surface area contributed by atoms with Crippen molar-refractivity contribution in [3.05, 3.63) is 70.6 Å². The van der Waals surface area contributed by atoms with Gasteiger partial charge < -0.3 is 4.72 Å². The van der Waals surface area contributed by atoms with Gasteiger partial charge in [0, 0.05) is 26.2 Å². The zero-order chi connectivity index (χ0) is 16.9. The normalized spacial score (nSPS) is 18.1. The van der Waals surface area contributed by atoms with Crippen LogP contribution in [0.2, 0.25) is 0 Å². The van der Waals surface area contributed by atoms with Crippen LogP contribution in [0.1, 0.15) is 29.5 Å². The lowest BCUT2D eigenvalue weighted by Gasteiger charge is -2.40. The average molecular weight is 354 g/mol. The third kappa shape index (κ3) is 2.38. The van der Waals surface area contributed by atoms with Crippen molar-refractivity contribution in [1.82, 2.24) is 0 Å². The Morgan fingerprint density at radius 2 is 1.58 bits per heavy atom. The van der Waals surface area contributed by atoms with Crippen LogP contribution in [0, 0.1) is 0 Å². The van der Waals surface area contributed by atoms with Crippen molar-refractivity contribution in [3.8, 4) is 0 Å². The Morgan fingerprint density at radius 1 is 0.917 bits per heavy atom. The fourth-order valence-corrected chi connectivity index (χ4v) is 8.56. The average Bonchev–Trinajstić information content (AvgIpc) is 3.03. The van der Waals surface area contributed by atoms with Crippen LogP contribution in [0.15, 0.2) is 60.2 Å². The Labute approximate surface area is 149 Å². The lowest BCUT2D eigenvalue weighted by atomic mass is 10.1. The molecule has 4 rings (SSSR count). The van der Waals surface area contributed by atoms with Gasteiger partial charge in [-0.3, -0.25) is 0 Å². The standard InChI is InChI=1S/C21H23NS2/c1-14-15(2)21(24(3,4)22-16-10-6-5-7-11-16)20-19(14)17-12-8-9-13-18(17)23-20/h5-13,21-22H,1-4H3. The molecule has 0 bridgehead atoms. The van der Waals surface area contributed by atoms with Crippen molar-refractivity contribution in [2.45, 2.75) is 19.1 Å². The first-order valence-electron chi connectivity index (χ1n) is 8.23. The van der Waals surface area contributed by atoms with Gasteiger partial charge in [0.1, 0.15) is 0 Å². The van der Waals surface area contributed by atoms with Gasteiger partial charge in [-0.15, -0.1) is 11.3 Å². The van der Waals surface area contributed by atoms with Crippen LogP contribution in [-0.2, 0) is 0 Å². The number of hydrogen-bond donors (Lipinski definition) is 1. The SMILES string of the molecule is CC1=C(C)C(S(C)(C)Nc2ccccc2)c2sc3ccccc3c21. The summed E-state index contributed by atoms with van der Waals surface area (Å²) in [6.07, 6.45) is 4.81. The van der Waals surface area contributed by atoms with Crippen LogP contribution >= 0.6 is 21.6 Å². The molecule has 1 unspecified atom stereocenters. The Hall–Kier alpha value is -1.71. The number of fused-ring (bicyclic) bond motifs is 3. The van der Waals surface area contributed by atoms with Crippen molar-refractivity contribution in [2.24, 2.45) is 0 Å². The van der Waals surface area contributed by atoms with Gasteiger partial charge in [0.05, 0.1) is 5.25 Å². The summed E-state index contributed by atoms with van der Waals surface area (Å²) in [7, 11) is -1.05. The molecule has 1 aliphatic carbocycles. The first kappa shape index (κ1) is 15.8. The second-order valence-corrected chi connectivity index (χ2v) is 11.5. The summed E-state index contributed by atoms with van der Waals surface area (Å²) in [5, 5.41) is 1.91. The maximum Gasteiger partial charge on any atom is 0.0605 e. The van der Waals surface area contributed by atoms with Crippen molar-refractivity contribution in [1.29, 1.82) is 0 Å². The molecule has 3 heteroatoms. The summed E-state index contributed by atoms with van der Waals surface area (Å²) in [4.78, 5) is 1.55. The van der Waals surface area contributed by atoms with Crippen LogP contribution in [0.5, 0.6) is 0 Å². The number of para-hydroxylation sites is 1. The first-order valence-corrected chi connectivity index (χ1v) is 11.6. The smallest absolute Gasteiger partial charge is 0.0605 e. The highest BCUT2D eigenvalue weighted by Gasteiger charge is 2.37. The maximum absolute atomic E-state index is 3.85. The largest absolute Gasteiger partial charge is 0.347 e. The molecule has 24 heavy (non-hydrogen) atoms. The Kier molecular flexibility index (Phi) is 3.74. The van der Waals surface area contributed by atoms with Crippen molar-refractivity contribution < 1.29 is 0 Å². The van der Waals surface area contributed by atoms with E-state index in [1.165, 1.54) is 32.5 Å². The van der Waals surface area contributed by atoms with Gasteiger partial charge in [0.15, 0.2) is 0 Å². The number of hydrogen-bond acceptors (Lipinski definition) is 2. The molecule has 0 aliphatic heterocycles. The van der Waals surface area contributed by atoms with E-state index in [2.05, 4.69) is 85.7 Å². The summed E-state index contributed by atoms with van der Waals surface area (Å²) in [6.45, 7) is 4.62. The van der Waals surface area contributed by atoms with Crippen molar-refractivity contribution >= 4 is 42.9 Å². The first-order chi connectivity index (χ1) is 11.5. The topological polar surface area (TPSA) is 12.0 Å². The quantitative estimate of drug-likeness (QED) is 0.543. The summed E-state index contributed by atoms with van der Waals surface area (Å²) in [6, 6.07) is 19.4. The van der Waals surface area contributed by atoms with Gasteiger partial charge >= 0.3 is 0 Å².